The first-order valence-corrected chi connectivity index (χ1v) is 4.38. The van der Waals surface area contributed by atoms with Gasteiger partial charge in [-0.05, 0) is 12.8 Å². The predicted molar refractivity (Wildman–Crippen MR) is 44.0 cm³/mol. The second-order valence-electron chi connectivity index (χ2n) is 2.31. The van der Waals surface area contributed by atoms with E-state index in [1.54, 1.807) is 5.01 Å². The van der Waals surface area contributed by atoms with Gasteiger partial charge >= 0.3 is 10.5 Å². The molecule has 4 nitrogen and oxygen atoms in total. The highest BCUT2D eigenvalue weighted by molar-refractivity contribution is 7.61. The summed E-state index contributed by atoms with van der Waals surface area (Å²) in [5.74, 6) is 0. The molecule has 0 radical (unpaired) electrons. The molecule has 66 valence electrons. The van der Waals surface area contributed by atoms with Gasteiger partial charge in [-0.3, -0.25) is 0 Å². The smallest absolute Gasteiger partial charge is 0.185 e. The number of hydrogen-bond acceptors (Lipinski definition) is 3. The zero-order valence-corrected chi connectivity index (χ0v) is 7.70. The van der Waals surface area contributed by atoms with Crippen LogP contribution in [-0.4, -0.2) is 26.5 Å². The monoisotopic (exact) mass is 198 g/mol. The van der Waals surface area contributed by atoms with E-state index in [1.165, 1.54) is 6.42 Å². The van der Waals surface area contributed by atoms with Crippen molar-refractivity contribution in [2.75, 3.05) is 13.1 Å². The predicted octanol–water partition coefficient (Wildman–Crippen LogP) is 0.872. The van der Waals surface area contributed by atoms with Crippen molar-refractivity contribution in [2.24, 2.45) is 4.47 Å². The Hall–Kier alpha value is -0.130. The van der Waals surface area contributed by atoms with Crippen molar-refractivity contribution >= 4 is 22.9 Å². The maximum absolute atomic E-state index is 10.1. The maximum Gasteiger partial charge on any atom is 0.328 e. The molecule has 0 atom stereocenters. The molecular weight excluding hydrogens is 188 g/mol. The Kier molecular flexibility index (Phi) is 5.45. The van der Waals surface area contributed by atoms with Crippen LogP contribution in [-0.2, 0) is 10.5 Å². The number of rotatable bonds is 1. The molecule has 0 spiro atoms. The quantitative estimate of drug-likeness (QED) is 0.629. The number of hydrogen-bond donors (Lipinski definition) is 0. The summed E-state index contributed by atoms with van der Waals surface area (Å²) in [5, 5.41) is 1.60. The van der Waals surface area contributed by atoms with Crippen molar-refractivity contribution in [3.63, 3.8) is 0 Å². The summed E-state index contributed by atoms with van der Waals surface area (Å²) in [7, 11) is -2.26. The van der Waals surface area contributed by atoms with Crippen LogP contribution in [0.2, 0.25) is 0 Å². The van der Waals surface area contributed by atoms with Gasteiger partial charge < -0.3 is 0 Å². The van der Waals surface area contributed by atoms with Crippen molar-refractivity contribution in [3.8, 4) is 0 Å². The molecule has 1 rings (SSSR count). The van der Waals surface area contributed by atoms with Gasteiger partial charge in [0.05, 0.1) is 0 Å². The number of halogens is 1. The molecule has 0 aliphatic carbocycles. The van der Waals surface area contributed by atoms with E-state index in [1.807, 2.05) is 0 Å². The normalized spacial score (nSPS) is 18.5. The molecule has 1 saturated heterocycles. The topological polar surface area (TPSA) is 49.7 Å². The summed E-state index contributed by atoms with van der Waals surface area (Å²) in [4.78, 5) is 0. The van der Waals surface area contributed by atoms with E-state index in [0.717, 1.165) is 25.9 Å². The fourth-order valence-electron chi connectivity index (χ4n) is 1.05. The standard InChI is InChI=1S/C5H10N2O2S.ClH/c8-10(9)6-7-4-2-1-3-5-7;/h1-5H2;1H. The minimum Gasteiger partial charge on any atom is -0.185 e. The molecule has 0 amide bonds. The Morgan fingerprint density at radius 2 is 1.64 bits per heavy atom. The van der Waals surface area contributed by atoms with Crippen LogP contribution >= 0.6 is 12.4 Å². The van der Waals surface area contributed by atoms with Crippen LogP contribution < -0.4 is 0 Å². The molecule has 1 aliphatic heterocycles. The molecule has 0 bridgehead atoms. The molecule has 0 saturated carbocycles. The van der Waals surface area contributed by atoms with Crippen molar-refractivity contribution in [1.29, 1.82) is 0 Å². The zero-order valence-electron chi connectivity index (χ0n) is 6.06. The summed E-state index contributed by atoms with van der Waals surface area (Å²) in [6, 6.07) is 0. The van der Waals surface area contributed by atoms with E-state index in [2.05, 4.69) is 4.47 Å². The van der Waals surface area contributed by atoms with Crippen LogP contribution in [0.1, 0.15) is 19.3 Å². The fraction of sp³-hybridized carbons (Fsp3) is 1.00. The van der Waals surface area contributed by atoms with Gasteiger partial charge in [0.2, 0.25) is 0 Å². The first-order chi connectivity index (χ1) is 4.79. The SMILES string of the molecule is Cl.O=S(=O)=NN1CCCCC1. The van der Waals surface area contributed by atoms with Crippen LogP contribution in [0.15, 0.2) is 4.47 Å². The van der Waals surface area contributed by atoms with Crippen molar-refractivity contribution < 1.29 is 8.42 Å². The van der Waals surface area contributed by atoms with Crippen LogP contribution in [0.4, 0.5) is 0 Å². The summed E-state index contributed by atoms with van der Waals surface area (Å²) in [5.41, 5.74) is 0. The third kappa shape index (κ3) is 4.34. The van der Waals surface area contributed by atoms with E-state index in [0.29, 0.717) is 0 Å². The molecule has 0 aromatic carbocycles. The first kappa shape index (κ1) is 10.9. The minimum atomic E-state index is -2.26. The lowest BCUT2D eigenvalue weighted by molar-refractivity contribution is 0.242. The lowest BCUT2D eigenvalue weighted by atomic mass is 10.2. The van der Waals surface area contributed by atoms with Gasteiger partial charge in [0.25, 0.3) is 0 Å². The molecule has 6 heteroatoms. The van der Waals surface area contributed by atoms with Gasteiger partial charge in [-0.15, -0.1) is 12.4 Å². The molecule has 0 aromatic heterocycles. The van der Waals surface area contributed by atoms with Gasteiger partial charge in [0.1, 0.15) is 0 Å². The van der Waals surface area contributed by atoms with Gasteiger partial charge in [-0.2, -0.15) is 13.4 Å². The molecular formula is C5H11ClN2O2S. The van der Waals surface area contributed by atoms with Crippen LogP contribution in [0.3, 0.4) is 0 Å². The van der Waals surface area contributed by atoms with Crippen molar-refractivity contribution in [2.45, 2.75) is 19.3 Å². The Morgan fingerprint density at radius 3 is 2.09 bits per heavy atom. The molecule has 0 N–H and O–H groups in total. The molecule has 0 unspecified atom stereocenters. The first-order valence-electron chi connectivity index (χ1n) is 3.35. The average Bonchev–Trinajstić information content (AvgIpc) is 1.88. The highest BCUT2D eigenvalue weighted by Crippen LogP contribution is 2.07. The highest BCUT2D eigenvalue weighted by Gasteiger charge is 2.07. The van der Waals surface area contributed by atoms with Gasteiger partial charge in [-0.1, -0.05) is 10.9 Å². The summed E-state index contributed by atoms with van der Waals surface area (Å²) in [6.07, 6.45) is 3.30. The summed E-state index contributed by atoms with van der Waals surface area (Å²) < 4.78 is 23.5. The second-order valence-corrected chi connectivity index (χ2v) is 2.91. The van der Waals surface area contributed by atoms with Crippen molar-refractivity contribution in [1.82, 2.24) is 5.01 Å². The Bertz CT molecular complexity index is 213. The zero-order chi connectivity index (χ0) is 7.40. The van der Waals surface area contributed by atoms with E-state index in [-0.39, 0.29) is 12.4 Å². The Balaban J connectivity index is 0.000001000. The molecule has 1 fully saturated rings. The summed E-state index contributed by atoms with van der Waals surface area (Å²) >= 11 is 0. The van der Waals surface area contributed by atoms with Gasteiger partial charge in [0.15, 0.2) is 0 Å². The van der Waals surface area contributed by atoms with Crippen LogP contribution in [0.25, 0.3) is 0 Å². The maximum atomic E-state index is 10.1. The number of nitrogens with zero attached hydrogens (tertiary/aromatic N) is 2. The second kappa shape index (κ2) is 5.51. The van der Waals surface area contributed by atoms with E-state index < -0.39 is 10.5 Å². The molecule has 0 aromatic rings. The summed E-state index contributed by atoms with van der Waals surface area (Å²) in [6.45, 7) is 1.57. The molecule has 11 heavy (non-hydrogen) atoms. The lowest BCUT2D eigenvalue weighted by Crippen LogP contribution is -2.23. The third-order valence-corrected chi connectivity index (χ3v) is 1.88. The van der Waals surface area contributed by atoms with E-state index >= 15 is 0 Å². The molecule has 1 heterocycles. The van der Waals surface area contributed by atoms with Gasteiger partial charge in [-0.25, -0.2) is 0 Å². The minimum absolute atomic E-state index is 0. The lowest BCUT2D eigenvalue weighted by Gasteiger charge is -2.18. The highest BCUT2D eigenvalue weighted by atomic mass is 35.5. The number of piperidine rings is 1. The van der Waals surface area contributed by atoms with E-state index in [9.17, 15) is 8.42 Å². The third-order valence-electron chi connectivity index (χ3n) is 1.51. The Morgan fingerprint density at radius 1 is 1.09 bits per heavy atom. The van der Waals surface area contributed by atoms with Gasteiger partial charge in [0, 0.05) is 13.1 Å². The Labute approximate surface area is 73.7 Å². The largest absolute Gasteiger partial charge is 0.328 e. The fourth-order valence-corrected chi connectivity index (χ4v) is 1.41. The van der Waals surface area contributed by atoms with Crippen molar-refractivity contribution in [3.05, 3.63) is 0 Å². The average molecular weight is 199 g/mol. The van der Waals surface area contributed by atoms with Crippen LogP contribution in [0.5, 0.6) is 0 Å². The van der Waals surface area contributed by atoms with Crippen LogP contribution in [0, 0.1) is 0 Å². The molecule has 1 aliphatic rings. The van der Waals surface area contributed by atoms with E-state index in [4.69, 9.17) is 0 Å².